The second-order valence-corrected chi connectivity index (χ2v) is 2.79. The summed E-state index contributed by atoms with van der Waals surface area (Å²) in [6, 6.07) is 3.06. The summed E-state index contributed by atoms with van der Waals surface area (Å²) in [5, 5.41) is 2.99. The van der Waals surface area contributed by atoms with Crippen LogP contribution in [0.4, 0.5) is 10.1 Å². The van der Waals surface area contributed by atoms with Crippen molar-refractivity contribution >= 4 is 12.0 Å². The van der Waals surface area contributed by atoms with E-state index in [0.717, 1.165) is 18.5 Å². The number of halogens is 1. The molecule has 3 heteroatoms. The topological polar surface area (TPSA) is 29.1 Å². The molecule has 62 valence electrons. The van der Waals surface area contributed by atoms with Crippen molar-refractivity contribution in [1.29, 1.82) is 0 Å². The van der Waals surface area contributed by atoms with Crippen LogP contribution in [-0.2, 0) is 6.42 Å². The average molecular weight is 165 g/mol. The van der Waals surface area contributed by atoms with E-state index in [1.165, 1.54) is 6.07 Å². The van der Waals surface area contributed by atoms with Crippen molar-refractivity contribution in [1.82, 2.24) is 0 Å². The number of fused-ring (bicyclic) bond motifs is 1. The summed E-state index contributed by atoms with van der Waals surface area (Å²) in [7, 11) is 0. The molecule has 0 atom stereocenters. The second-order valence-electron chi connectivity index (χ2n) is 2.79. The van der Waals surface area contributed by atoms with Crippen molar-refractivity contribution in [2.45, 2.75) is 6.42 Å². The van der Waals surface area contributed by atoms with Gasteiger partial charge < -0.3 is 5.32 Å². The van der Waals surface area contributed by atoms with Gasteiger partial charge in [-0.25, -0.2) is 4.39 Å². The Morgan fingerprint density at radius 1 is 1.50 bits per heavy atom. The predicted molar refractivity (Wildman–Crippen MR) is 44.0 cm³/mol. The summed E-state index contributed by atoms with van der Waals surface area (Å²) in [5.74, 6) is -0.446. The van der Waals surface area contributed by atoms with Crippen molar-refractivity contribution in [2.24, 2.45) is 0 Å². The first kappa shape index (κ1) is 7.28. The lowest BCUT2D eigenvalue weighted by Gasteiger charge is -2.03. The fourth-order valence-corrected chi connectivity index (χ4v) is 1.49. The summed E-state index contributed by atoms with van der Waals surface area (Å²) < 4.78 is 13.0. The summed E-state index contributed by atoms with van der Waals surface area (Å²) in [5.41, 5.74) is 1.86. The Morgan fingerprint density at radius 3 is 3.08 bits per heavy atom. The molecule has 1 aliphatic rings. The smallest absolute Gasteiger partial charge is 0.155 e. The zero-order valence-electron chi connectivity index (χ0n) is 6.43. The average Bonchev–Trinajstić information content (AvgIpc) is 2.52. The number of benzene rings is 1. The third-order valence-corrected chi connectivity index (χ3v) is 2.09. The molecule has 0 saturated heterocycles. The van der Waals surface area contributed by atoms with E-state index >= 15 is 0 Å². The largest absolute Gasteiger partial charge is 0.384 e. The second kappa shape index (κ2) is 2.59. The first-order chi connectivity index (χ1) is 5.83. The fourth-order valence-electron chi connectivity index (χ4n) is 1.49. The maximum Gasteiger partial charge on any atom is 0.155 e. The summed E-state index contributed by atoms with van der Waals surface area (Å²) in [6.45, 7) is 0.791. The highest BCUT2D eigenvalue weighted by Crippen LogP contribution is 2.26. The molecule has 2 rings (SSSR count). The molecule has 0 amide bonds. The number of hydrogen-bond donors (Lipinski definition) is 1. The van der Waals surface area contributed by atoms with Crippen molar-refractivity contribution < 1.29 is 9.18 Å². The highest BCUT2D eigenvalue weighted by molar-refractivity contribution is 5.86. The lowest BCUT2D eigenvalue weighted by Crippen LogP contribution is -1.97. The van der Waals surface area contributed by atoms with E-state index in [1.54, 1.807) is 6.07 Å². The number of hydrogen-bond acceptors (Lipinski definition) is 2. The van der Waals surface area contributed by atoms with Crippen LogP contribution in [-0.4, -0.2) is 12.8 Å². The van der Waals surface area contributed by atoms with Gasteiger partial charge in [0.1, 0.15) is 5.82 Å². The molecule has 0 aliphatic carbocycles. The molecule has 0 radical (unpaired) electrons. The molecule has 1 aromatic carbocycles. The van der Waals surface area contributed by atoms with Gasteiger partial charge in [-0.05, 0) is 18.1 Å². The number of aldehydes is 1. The Hall–Kier alpha value is -1.38. The van der Waals surface area contributed by atoms with Crippen LogP contribution in [0.25, 0.3) is 0 Å². The first-order valence-electron chi connectivity index (χ1n) is 3.83. The Labute approximate surface area is 69.4 Å². The van der Waals surface area contributed by atoms with Crippen LogP contribution in [0.1, 0.15) is 15.9 Å². The third-order valence-electron chi connectivity index (χ3n) is 2.09. The highest BCUT2D eigenvalue weighted by atomic mass is 19.1. The number of anilines is 1. The van der Waals surface area contributed by atoms with Gasteiger partial charge in [0.25, 0.3) is 0 Å². The number of carbonyl (C=O) groups is 1. The van der Waals surface area contributed by atoms with E-state index < -0.39 is 5.82 Å². The summed E-state index contributed by atoms with van der Waals surface area (Å²) >= 11 is 0. The monoisotopic (exact) mass is 165 g/mol. The Kier molecular flexibility index (Phi) is 1.57. The lowest BCUT2D eigenvalue weighted by atomic mass is 10.1. The first-order valence-corrected chi connectivity index (χ1v) is 3.83. The van der Waals surface area contributed by atoms with Crippen molar-refractivity contribution in [3.05, 3.63) is 29.1 Å². The van der Waals surface area contributed by atoms with E-state index in [2.05, 4.69) is 5.32 Å². The van der Waals surface area contributed by atoms with Crippen LogP contribution in [0.15, 0.2) is 12.1 Å². The molecule has 1 aliphatic heterocycles. The van der Waals surface area contributed by atoms with Gasteiger partial charge >= 0.3 is 0 Å². The normalized spacial score (nSPS) is 13.8. The van der Waals surface area contributed by atoms with Gasteiger partial charge in [-0.1, -0.05) is 6.07 Å². The Morgan fingerprint density at radius 2 is 2.33 bits per heavy atom. The Balaban J connectivity index is 2.65. The molecule has 1 N–H and O–H groups in total. The van der Waals surface area contributed by atoms with E-state index in [1.807, 2.05) is 0 Å². The molecule has 0 fully saturated rings. The van der Waals surface area contributed by atoms with Crippen molar-refractivity contribution in [3.63, 3.8) is 0 Å². The third kappa shape index (κ3) is 0.897. The molecule has 12 heavy (non-hydrogen) atoms. The van der Waals surface area contributed by atoms with Crippen LogP contribution in [0.5, 0.6) is 0 Å². The molecule has 0 saturated carbocycles. The minimum absolute atomic E-state index is 0.157. The van der Waals surface area contributed by atoms with E-state index in [-0.39, 0.29) is 5.56 Å². The van der Waals surface area contributed by atoms with Crippen LogP contribution >= 0.6 is 0 Å². The summed E-state index contributed by atoms with van der Waals surface area (Å²) in [4.78, 5) is 10.5. The van der Waals surface area contributed by atoms with E-state index in [9.17, 15) is 9.18 Å². The van der Waals surface area contributed by atoms with Crippen LogP contribution < -0.4 is 5.32 Å². The van der Waals surface area contributed by atoms with Gasteiger partial charge in [0.15, 0.2) is 6.29 Å². The molecule has 0 bridgehead atoms. The molecule has 2 nitrogen and oxygen atoms in total. The van der Waals surface area contributed by atoms with E-state index in [4.69, 9.17) is 0 Å². The zero-order chi connectivity index (χ0) is 8.55. The maximum absolute atomic E-state index is 13.0. The van der Waals surface area contributed by atoms with Crippen LogP contribution in [0.2, 0.25) is 0 Å². The predicted octanol–water partition coefficient (Wildman–Crippen LogP) is 1.61. The molecule has 0 spiro atoms. The standard InChI is InChI=1S/C9H8FNO/c10-8-2-1-6-3-4-11-9(6)7(8)5-12/h1-2,5,11H,3-4H2. The minimum Gasteiger partial charge on any atom is -0.384 e. The van der Waals surface area contributed by atoms with Gasteiger partial charge in [-0.15, -0.1) is 0 Å². The molecule has 1 aromatic rings. The van der Waals surface area contributed by atoms with Crippen LogP contribution in [0, 0.1) is 5.82 Å². The van der Waals surface area contributed by atoms with Gasteiger partial charge in [-0.3, -0.25) is 4.79 Å². The molecular weight excluding hydrogens is 157 g/mol. The number of nitrogens with one attached hydrogen (secondary N) is 1. The molecule has 0 unspecified atom stereocenters. The lowest BCUT2D eigenvalue weighted by molar-refractivity contribution is 0.112. The van der Waals surface area contributed by atoms with Gasteiger partial charge in [0, 0.05) is 6.54 Å². The highest BCUT2D eigenvalue weighted by Gasteiger charge is 2.16. The molecular formula is C9H8FNO. The molecule has 1 heterocycles. The van der Waals surface area contributed by atoms with Gasteiger partial charge in [-0.2, -0.15) is 0 Å². The SMILES string of the molecule is O=Cc1c(F)ccc2c1NCC2. The quantitative estimate of drug-likeness (QED) is 0.640. The van der Waals surface area contributed by atoms with E-state index in [0.29, 0.717) is 12.0 Å². The fraction of sp³-hybridized carbons (Fsp3) is 0.222. The Bertz CT molecular complexity index is 336. The summed E-state index contributed by atoms with van der Waals surface area (Å²) in [6.07, 6.45) is 1.43. The number of rotatable bonds is 1. The van der Waals surface area contributed by atoms with Crippen molar-refractivity contribution in [3.8, 4) is 0 Å². The molecule has 0 aromatic heterocycles. The maximum atomic E-state index is 13.0. The minimum atomic E-state index is -0.446. The van der Waals surface area contributed by atoms with Gasteiger partial charge in [0.2, 0.25) is 0 Å². The van der Waals surface area contributed by atoms with Crippen molar-refractivity contribution in [2.75, 3.05) is 11.9 Å². The zero-order valence-corrected chi connectivity index (χ0v) is 6.43. The van der Waals surface area contributed by atoms with Crippen LogP contribution in [0.3, 0.4) is 0 Å². The number of carbonyl (C=O) groups excluding carboxylic acids is 1. The van der Waals surface area contributed by atoms with Gasteiger partial charge in [0.05, 0.1) is 11.3 Å².